The summed E-state index contributed by atoms with van der Waals surface area (Å²) in [5, 5.41) is 2.72. The van der Waals surface area contributed by atoms with Gasteiger partial charge in [-0.2, -0.15) is 0 Å². The first kappa shape index (κ1) is 14.5. The Hall–Kier alpha value is -1.59. The zero-order chi connectivity index (χ0) is 13.4. The van der Waals surface area contributed by atoms with Crippen LogP contribution in [0.2, 0.25) is 0 Å². The van der Waals surface area contributed by atoms with Crippen molar-refractivity contribution < 1.29 is 14.3 Å². The number of nitrogens with one attached hydrogen (secondary N) is 1. The van der Waals surface area contributed by atoms with Gasteiger partial charge in [-0.1, -0.05) is 12.1 Å². The van der Waals surface area contributed by atoms with Crippen LogP contribution in [0.5, 0.6) is 0 Å². The van der Waals surface area contributed by atoms with E-state index in [1.54, 1.807) is 19.1 Å². The third-order valence-electron chi connectivity index (χ3n) is 2.39. The van der Waals surface area contributed by atoms with E-state index in [4.69, 9.17) is 15.2 Å². The Kier molecular flexibility index (Phi) is 6.18. The summed E-state index contributed by atoms with van der Waals surface area (Å²) in [6.45, 7) is 5.13. The largest absolute Gasteiger partial charge is 0.397 e. The van der Waals surface area contributed by atoms with Crippen LogP contribution in [-0.4, -0.2) is 31.8 Å². The van der Waals surface area contributed by atoms with Crippen LogP contribution in [0.25, 0.3) is 0 Å². The summed E-state index contributed by atoms with van der Waals surface area (Å²) >= 11 is 0. The molecule has 0 spiro atoms. The lowest BCUT2D eigenvalue weighted by Gasteiger charge is -2.14. The van der Waals surface area contributed by atoms with E-state index < -0.39 is 6.10 Å². The number of para-hydroxylation sites is 2. The van der Waals surface area contributed by atoms with Crippen LogP contribution in [0, 0.1) is 0 Å². The van der Waals surface area contributed by atoms with Gasteiger partial charge in [0.25, 0.3) is 5.91 Å². The maximum atomic E-state index is 11.8. The third kappa shape index (κ3) is 4.73. The molecule has 100 valence electrons. The predicted molar refractivity (Wildman–Crippen MR) is 71.4 cm³/mol. The van der Waals surface area contributed by atoms with Gasteiger partial charge in [-0.3, -0.25) is 4.79 Å². The maximum absolute atomic E-state index is 11.8. The molecule has 0 aliphatic heterocycles. The molecule has 1 aromatic rings. The van der Waals surface area contributed by atoms with E-state index in [9.17, 15) is 4.79 Å². The minimum Gasteiger partial charge on any atom is -0.397 e. The van der Waals surface area contributed by atoms with Crippen LogP contribution >= 0.6 is 0 Å². The van der Waals surface area contributed by atoms with Crippen molar-refractivity contribution in [3.8, 4) is 0 Å². The molecule has 0 aliphatic carbocycles. The average Bonchev–Trinajstić information content (AvgIpc) is 2.37. The minimum atomic E-state index is -0.537. The van der Waals surface area contributed by atoms with Crippen LogP contribution < -0.4 is 11.1 Å². The van der Waals surface area contributed by atoms with Gasteiger partial charge in [-0.15, -0.1) is 0 Å². The van der Waals surface area contributed by atoms with E-state index in [2.05, 4.69) is 5.32 Å². The predicted octanol–water partition coefficient (Wildman–Crippen LogP) is 1.65. The number of benzene rings is 1. The molecule has 1 amide bonds. The number of carbonyl (C=O) groups excluding carboxylic acids is 1. The van der Waals surface area contributed by atoms with Crippen LogP contribution in [-0.2, 0) is 14.3 Å². The fraction of sp³-hybridized carbons (Fsp3) is 0.462. The molecule has 1 unspecified atom stereocenters. The molecule has 0 saturated carbocycles. The highest BCUT2D eigenvalue weighted by Gasteiger charge is 2.14. The number of nitrogen functional groups attached to an aromatic ring is 1. The third-order valence-corrected chi connectivity index (χ3v) is 2.39. The Bertz CT molecular complexity index is 382. The second-order valence-electron chi connectivity index (χ2n) is 3.79. The summed E-state index contributed by atoms with van der Waals surface area (Å²) in [6.07, 6.45) is -0.537. The monoisotopic (exact) mass is 252 g/mol. The quantitative estimate of drug-likeness (QED) is 0.571. The van der Waals surface area contributed by atoms with E-state index in [1.165, 1.54) is 0 Å². The molecular weight excluding hydrogens is 232 g/mol. The molecule has 0 fully saturated rings. The molecule has 0 bridgehead atoms. The highest BCUT2D eigenvalue weighted by molar-refractivity contribution is 5.96. The van der Waals surface area contributed by atoms with Crippen molar-refractivity contribution in [1.82, 2.24) is 0 Å². The fourth-order valence-corrected chi connectivity index (χ4v) is 1.35. The summed E-state index contributed by atoms with van der Waals surface area (Å²) in [5.41, 5.74) is 6.87. The number of nitrogens with two attached hydrogens (primary N) is 1. The molecule has 0 saturated heterocycles. The van der Waals surface area contributed by atoms with Crippen molar-refractivity contribution in [3.05, 3.63) is 24.3 Å². The molecule has 1 atom stereocenters. The number of carbonyl (C=O) groups is 1. The SMILES string of the molecule is CCOCCOC(C)C(=O)Nc1ccccc1N. The van der Waals surface area contributed by atoms with Crippen molar-refractivity contribution in [2.24, 2.45) is 0 Å². The molecule has 0 heterocycles. The Morgan fingerprint density at radius 2 is 2.11 bits per heavy atom. The molecular formula is C13H20N2O3. The van der Waals surface area contributed by atoms with Gasteiger partial charge in [0.2, 0.25) is 0 Å². The Morgan fingerprint density at radius 3 is 2.78 bits per heavy atom. The van der Waals surface area contributed by atoms with Crippen molar-refractivity contribution in [2.45, 2.75) is 20.0 Å². The number of hydrogen-bond donors (Lipinski definition) is 2. The van der Waals surface area contributed by atoms with Crippen molar-refractivity contribution >= 4 is 17.3 Å². The lowest BCUT2D eigenvalue weighted by atomic mass is 10.2. The fourth-order valence-electron chi connectivity index (χ4n) is 1.35. The molecule has 5 heteroatoms. The number of amides is 1. The zero-order valence-corrected chi connectivity index (χ0v) is 10.8. The molecule has 18 heavy (non-hydrogen) atoms. The van der Waals surface area contributed by atoms with Crippen LogP contribution in [0.1, 0.15) is 13.8 Å². The summed E-state index contributed by atoms with van der Waals surface area (Å²) in [4.78, 5) is 11.8. The molecule has 5 nitrogen and oxygen atoms in total. The maximum Gasteiger partial charge on any atom is 0.253 e. The molecule has 0 aromatic heterocycles. The summed E-state index contributed by atoms with van der Waals surface area (Å²) in [6, 6.07) is 7.11. The van der Waals surface area contributed by atoms with Gasteiger partial charge in [0.15, 0.2) is 0 Å². The molecule has 0 radical (unpaired) electrons. The zero-order valence-electron chi connectivity index (χ0n) is 10.8. The first-order chi connectivity index (χ1) is 8.65. The first-order valence-corrected chi connectivity index (χ1v) is 6.00. The molecule has 1 rings (SSSR count). The topological polar surface area (TPSA) is 73.6 Å². The minimum absolute atomic E-state index is 0.218. The van der Waals surface area contributed by atoms with Gasteiger partial charge in [0.1, 0.15) is 6.10 Å². The van der Waals surface area contributed by atoms with E-state index in [0.717, 1.165) is 0 Å². The van der Waals surface area contributed by atoms with E-state index in [1.807, 2.05) is 19.1 Å². The van der Waals surface area contributed by atoms with Gasteiger partial charge < -0.3 is 20.5 Å². The standard InChI is InChI=1S/C13H20N2O3/c1-3-17-8-9-18-10(2)13(16)15-12-7-5-4-6-11(12)14/h4-7,10H,3,8-9,14H2,1-2H3,(H,15,16). The first-order valence-electron chi connectivity index (χ1n) is 6.00. The molecule has 0 aliphatic rings. The second-order valence-corrected chi connectivity index (χ2v) is 3.79. The normalized spacial score (nSPS) is 12.1. The van der Waals surface area contributed by atoms with Gasteiger partial charge >= 0.3 is 0 Å². The van der Waals surface area contributed by atoms with Gasteiger partial charge in [0.05, 0.1) is 24.6 Å². The van der Waals surface area contributed by atoms with Crippen molar-refractivity contribution in [1.29, 1.82) is 0 Å². The second kappa shape index (κ2) is 7.68. The summed E-state index contributed by atoms with van der Waals surface area (Å²) in [7, 11) is 0. The number of rotatable bonds is 7. The number of ether oxygens (including phenoxy) is 2. The summed E-state index contributed by atoms with van der Waals surface area (Å²) in [5.74, 6) is -0.218. The van der Waals surface area contributed by atoms with Crippen molar-refractivity contribution in [2.75, 3.05) is 30.9 Å². The lowest BCUT2D eigenvalue weighted by molar-refractivity contribution is -0.127. The lowest BCUT2D eigenvalue weighted by Crippen LogP contribution is -2.29. The Morgan fingerprint density at radius 1 is 1.39 bits per heavy atom. The van der Waals surface area contributed by atoms with Gasteiger partial charge in [0, 0.05) is 6.61 Å². The van der Waals surface area contributed by atoms with E-state index >= 15 is 0 Å². The number of anilines is 2. The van der Waals surface area contributed by atoms with E-state index in [-0.39, 0.29) is 5.91 Å². The smallest absolute Gasteiger partial charge is 0.253 e. The molecule has 3 N–H and O–H groups in total. The highest BCUT2D eigenvalue weighted by Crippen LogP contribution is 2.16. The summed E-state index contributed by atoms with van der Waals surface area (Å²) < 4.78 is 10.5. The molecule has 1 aromatic carbocycles. The van der Waals surface area contributed by atoms with Crippen LogP contribution in [0.15, 0.2) is 24.3 Å². The van der Waals surface area contributed by atoms with Crippen molar-refractivity contribution in [3.63, 3.8) is 0 Å². The number of hydrogen-bond acceptors (Lipinski definition) is 4. The Labute approximate surface area is 107 Å². The average molecular weight is 252 g/mol. The van der Waals surface area contributed by atoms with E-state index in [0.29, 0.717) is 31.2 Å². The van der Waals surface area contributed by atoms with Crippen LogP contribution in [0.3, 0.4) is 0 Å². The highest BCUT2D eigenvalue weighted by atomic mass is 16.5. The van der Waals surface area contributed by atoms with Gasteiger partial charge in [-0.25, -0.2) is 0 Å². The van der Waals surface area contributed by atoms with Gasteiger partial charge in [-0.05, 0) is 26.0 Å². The Balaban J connectivity index is 2.38. The van der Waals surface area contributed by atoms with Crippen LogP contribution in [0.4, 0.5) is 11.4 Å².